The Kier molecular flexibility index (Phi) is 5.18. The molecule has 0 radical (unpaired) electrons. The van der Waals surface area contributed by atoms with Crippen molar-refractivity contribution in [3.8, 4) is 0 Å². The highest BCUT2D eigenvalue weighted by Gasteiger charge is 2.29. The van der Waals surface area contributed by atoms with E-state index in [0.717, 1.165) is 42.9 Å². The molecule has 6 nitrogen and oxygen atoms in total. The van der Waals surface area contributed by atoms with Crippen molar-refractivity contribution in [2.45, 2.75) is 33.1 Å². The molecule has 0 spiro atoms. The molecule has 2 aliphatic heterocycles. The fourth-order valence-electron chi connectivity index (χ4n) is 3.28. The van der Waals surface area contributed by atoms with E-state index in [4.69, 9.17) is 0 Å². The maximum absolute atomic E-state index is 12.9. The Morgan fingerprint density at radius 1 is 1.08 bits per heavy atom. The molecule has 0 unspecified atom stereocenters. The number of hydrogen-bond donors (Lipinski definition) is 0. The topological polar surface area (TPSA) is 56.2 Å². The third-order valence-electron chi connectivity index (χ3n) is 4.88. The monoisotopic (exact) mass is 342 g/mol. The largest absolute Gasteiger partial charge is 0.336 e. The zero-order chi connectivity index (χ0) is 18.0. The highest BCUT2D eigenvalue weighted by molar-refractivity contribution is 6.40. The average molecular weight is 342 g/mol. The first-order chi connectivity index (χ1) is 12.0. The van der Waals surface area contributed by atoms with Crippen molar-refractivity contribution in [3.63, 3.8) is 0 Å². The SMILES string of the molecule is Cc1ccc(C)c(N2N=C(C(=O)N3CCCN(C)CC3)CCC2=O)c1. The predicted molar refractivity (Wildman–Crippen MR) is 98.8 cm³/mol. The van der Waals surface area contributed by atoms with E-state index >= 15 is 0 Å². The maximum atomic E-state index is 12.9. The lowest BCUT2D eigenvalue weighted by Crippen LogP contribution is -2.43. The second-order valence-electron chi connectivity index (χ2n) is 6.99. The zero-order valence-electron chi connectivity index (χ0n) is 15.3. The van der Waals surface area contributed by atoms with Crippen LogP contribution in [-0.2, 0) is 9.59 Å². The van der Waals surface area contributed by atoms with Crippen LogP contribution < -0.4 is 5.01 Å². The number of aryl methyl sites for hydroxylation is 2. The minimum atomic E-state index is -0.0548. The fraction of sp³-hybridized carbons (Fsp3) is 0.526. The summed E-state index contributed by atoms with van der Waals surface area (Å²) in [6, 6.07) is 5.94. The number of carbonyl (C=O) groups excluding carboxylic acids is 2. The van der Waals surface area contributed by atoms with Gasteiger partial charge in [-0.05, 0) is 51.1 Å². The van der Waals surface area contributed by atoms with E-state index in [9.17, 15) is 9.59 Å². The zero-order valence-corrected chi connectivity index (χ0v) is 15.3. The molecule has 0 N–H and O–H groups in total. The summed E-state index contributed by atoms with van der Waals surface area (Å²) in [7, 11) is 2.08. The third kappa shape index (κ3) is 3.90. The van der Waals surface area contributed by atoms with E-state index in [0.29, 0.717) is 25.1 Å². The van der Waals surface area contributed by atoms with Gasteiger partial charge in [-0.1, -0.05) is 12.1 Å². The first kappa shape index (κ1) is 17.6. The minimum Gasteiger partial charge on any atom is -0.336 e. The summed E-state index contributed by atoms with van der Waals surface area (Å²) in [6.45, 7) is 7.28. The molecule has 2 amide bonds. The summed E-state index contributed by atoms with van der Waals surface area (Å²) in [5.41, 5.74) is 3.31. The Labute approximate surface area is 149 Å². The molecule has 6 heteroatoms. The number of anilines is 1. The van der Waals surface area contributed by atoms with E-state index in [1.165, 1.54) is 5.01 Å². The third-order valence-corrected chi connectivity index (χ3v) is 4.88. The molecule has 1 aromatic carbocycles. The number of hydrogen-bond acceptors (Lipinski definition) is 4. The second kappa shape index (κ2) is 7.35. The highest BCUT2D eigenvalue weighted by atomic mass is 16.2. The Morgan fingerprint density at radius 2 is 1.88 bits per heavy atom. The van der Waals surface area contributed by atoms with Gasteiger partial charge in [0.15, 0.2) is 0 Å². The van der Waals surface area contributed by atoms with Crippen LogP contribution in [0.25, 0.3) is 0 Å². The lowest BCUT2D eigenvalue weighted by atomic mass is 10.1. The van der Waals surface area contributed by atoms with Gasteiger partial charge in [-0.2, -0.15) is 5.10 Å². The summed E-state index contributed by atoms with van der Waals surface area (Å²) >= 11 is 0. The molecule has 1 fully saturated rings. The average Bonchev–Trinajstić information content (AvgIpc) is 2.82. The summed E-state index contributed by atoms with van der Waals surface area (Å²) in [6.07, 6.45) is 1.71. The molecular weight excluding hydrogens is 316 g/mol. The quantitative estimate of drug-likeness (QED) is 0.825. The van der Waals surface area contributed by atoms with Crippen LogP contribution in [0.1, 0.15) is 30.4 Å². The van der Waals surface area contributed by atoms with Crippen LogP contribution in [0, 0.1) is 13.8 Å². The number of carbonyl (C=O) groups is 2. The Balaban J connectivity index is 1.85. The van der Waals surface area contributed by atoms with Crippen molar-refractivity contribution in [1.29, 1.82) is 0 Å². The summed E-state index contributed by atoms with van der Waals surface area (Å²) in [4.78, 5) is 29.4. The molecule has 2 aliphatic rings. The molecule has 25 heavy (non-hydrogen) atoms. The normalized spacial score (nSPS) is 19.6. The summed E-state index contributed by atoms with van der Waals surface area (Å²) in [5, 5.41) is 5.88. The number of benzene rings is 1. The van der Waals surface area contributed by atoms with Gasteiger partial charge in [0.1, 0.15) is 5.71 Å². The van der Waals surface area contributed by atoms with Gasteiger partial charge in [0.2, 0.25) is 5.91 Å². The standard InChI is InChI=1S/C19H26N4O2/c1-14-5-6-15(2)17(13-14)23-18(24)8-7-16(20-23)19(25)22-10-4-9-21(3)11-12-22/h5-6,13H,4,7-12H2,1-3H3. The number of amides is 2. The minimum absolute atomic E-state index is 0.0295. The molecule has 0 saturated carbocycles. The van der Waals surface area contributed by atoms with Gasteiger partial charge in [0.05, 0.1) is 5.69 Å². The predicted octanol–water partition coefficient (Wildman–Crippen LogP) is 1.95. The van der Waals surface area contributed by atoms with Crippen molar-refractivity contribution in [2.24, 2.45) is 5.10 Å². The lowest BCUT2D eigenvalue weighted by Gasteiger charge is -2.27. The Morgan fingerprint density at radius 3 is 2.68 bits per heavy atom. The van der Waals surface area contributed by atoms with Gasteiger partial charge in [-0.25, -0.2) is 5.01 Å². The van der Waals surface area contributed by atoms with Gasteiger partial charge < -0.3 is 9.80 Å². The van der Waals surface area contributed by atoms with Crippen LogP contribution in [0.2, 0.25) is 0 Å². The number of rotatable bonds is 2. The van der Waals surface area contributed by atoms with Crippen molar-refractivity contribution >= 4 is 23.2 Å². The van der Waals surface area contributed by atoms with Gasteiger partial charge in [-0.15, -0.1) is 0 Å². The molecule has 134 valence electrons. The Hall–Kier alpha value is -2.21. The van der Waals surface area contributed by atoms with Crippen molar-refractivity contribution in [2.75, 3.05) is 38.2 Å². The second-order valence-corrected chi connectivity index (χ2v) is 6.99. The van der Waals surface area contributed by atoms with Crippen LogP contribution in [-0.4, -0.2) is 60.6 Å². The van der Waals surface area contributed by atoms with Gasteiger partial charge in [-0.3, -0.25) is 9.59 Å². The molecule has 3 rings (SSSR count). The van der Waals surface area contributed by atoms with E-state index in [1.54, 1.807) is 0 Å². The maximum Gasteiger partial charge on any atom is 0.270 e. The van der Waals surface area contributed by atoms with Crippen LogP contribution in [0.3, 0.4) is 0 Å². The highest BCUT2D eigenvalue weighted by Crippen LogP contribution is 2.25. The van der Waals surface area contributed by atoms with Crippen molar-refractivity contribution < 1.29 is 9.59 Å². The summed E-state index contributed by atoms with van der Waals surface area (Å²) in [5.74, 6) is -0.0843. The number of hydrazone groups is 1. The molecule has 1 saturated heterocycles. The van der Waals surface area contributed by atoms with E-state index in [1.807, 2.05) is 36.9 Å². The Bertz CT molecular complexity index is 713. The number of likely N-dealkylation sites (N-methyl/N-ethyl adjacent to an activating group) is 1. The van der Waals surface area contributed by atoms with Crippen molar-refractivity contribution in [1.82, 2.24) is 9.80 Å². The van der Waals surface area contributed by atoms with Crippen LogP contribution in [0.4, 0.5) is 5.69 Å². The number of nitrogens with zero attached hydrogens (tertiary/aromatic N) is 4. The van der Waals surface area contributed by atoms with Crippen LogP contribution in [0.15, 0.2) is 23.3 Å². The molecule has 0 aliphatic carbocycles. The van der Waals surface area contributed by atoms with Crippen molar-refractivity contribution in [3.05, 3.63) is 29.3 Å². The van der Waals surface area contributed by atoms with Crippen LogP contribution >= 0.6 is 0 Å². The van der Waals surface area contributed by atoms with Gasteiger partial charge in [0, 0.05) is 32.5 Å². The summed E-state index contributed by atoms with van der Waals surface area (Å²) < 4.78 is 0. The van der Waals surface area contributed by atoms with E-state index < -0.39 is 0 Å². The lowest BCUT2D eigenvalue weighted by molar-refractivity contribution is -0.124. The molecule has 0 bridgehead atoms. The fourth-order valence-corrected chi connectivity index (χ4v) is 3.28. The van der Waals surface area contributed by atoms with Gasteiger partial charge >= 0.3 is 0 Å². The molecular formula is C19H26N4O2. The van der Waals surface area contributed by atoms with Gasteiger partial charge in [0.25, 0.3) is 5.91 Å². The molecule has 1 aromatic rings. The first-order valence-electron chi connectivity index (χ1n) is 8.91. The molecule has 0 aromatic heterocycles. The molecule has 2 heterocycles. The van der Waals surface area contributed by atoms with E-state index in [2.05, 4.69) is 17.0 Å². The van der Waals surface area contributed by atoms with Crippen LogP contribution in [0.5, 0.6) is 0 Å². The van der Waals surface area contributed by atoms with E-state index in [-0.39, 0.29) is 11.8 Å². The molecule has 0 atom stereocenters. The smallest absolute Gasteiger partial charge is 0.270 e. The first-order valence-corrected chi connectivity index (χ1v) is 8.91.